The van der Waals surface area contributed by atoms with E-state index in [1.807, 2.05) is 6.07 Å². The highest BCUT2D eigenvalue weighted by Crippen LogP contribution is 2.82. The molecule has 5 fully saturated rings. The molecule has 10 rings (SSSR count). The van der Waals surface area contributed by atoms with Crippen molar-refractivity contribution in [2.24, 2.45) is 22.2 Å². The molecule has 1 amide bonds. The van der Waals surface area contributed by atoms with Gasteiger partial charge in [-0.1, -0.05) is 25.0 Å². The molecule has 4 aromatic rings. The number of halogens is 1. The van der Waals surface area contributed by atoms with Gasteiger partial charge in [0.15, 0.2) is 5.75 Å². The van der Waals surface area contributed by atoms with Crippen LogP contribution in [0.15, 0.2) is 77.0 Å². The van der Waals surface area contributed by atoms with Gasteiger partial charge in [-0.05, 0) is 73.4 Å². The number of hydrogen-bond donors (Lipinski definition) is 2. The third kappa shape index (κ3) is 7.64. The SMILES string of the molecule is CC1(C)CCC(CN2CCN(c3ccc(C(=O)NS(=O)(=O)c4ccc(OCCN5CC6(COC6)C5)c([N+](=O)[O-])c4)c(Oc4cnc5[nH]ccc5c4)c3)CC2)=C(C23CC2C3Cl)C1. The fourth-order valence-electron chi connectivity index (χ4n) is 9.94. The number of ether oxygens (including phenoxy) is 3. The Balaban J connectivity index is 0.842. The minimum atomic E-state index is -4.57. The Labute approximate surface area is 359 Å². The fraction of sp³-hybridized carbons (Fsp3) is 0.500. The normalized spacial score (nSPS) is 25.4. The second-order valence-electron chi connectivity index (χ2n) is 18.7. The molecule has 3 aliphatic heterocycles. The molecule has 3 aliphatic carbocycles. The molecule has 0 radical (unpaired) electrons. The number of anilines is 1. The van der Waals surface area contributed by atoms with Crippen LogP contribution in [0.5, 0.6) is 17.2 Å². The van der Waals surface area contributed by atoms with Crippen molar-refractivity contribution in [1.82, 2.24) is 24.5 Å². The summed E-state index contributed by atoms with van der Waals surface area (Å²) in [5.41, 5.74) is 4.95. The third-order valence-corrected chi connectivity index (χ3v) is 15.8. The predicted octanol–water partition coefficient (Wildman–Crippen LogP) is 6.35. The number of fused-ring (bicyclic) bond motifs is 2. The smallest absolute Gasteiger partial charge is 0.312 e. The number of piperazine rings is 1. The number of rotatable bonds is 14. The van der Waals surface area contributed by atoms with E-state index in [0.717, 1.165) is 89.0 Å². The van der Waals surface area contributed by atoms with Crippen molar-refractivity contribution in [3.63, 3.8) is 0 Å². The van der Waals surface area contributed by atoms with E-state index in [1.54, 1.807) is 41.6 Å². The number of allylic oxidation sites excluding steroid dienone is 1. The Morgan fingerprint density at radius 2 is 1.85 bits per heavy atom. The van der Waals surface area contributed by atoms with Crippen molar-refractivity contribution in [2.75, 3.05) is 77.1 Å². The maximum Gasteiger partial charge on any atom is 0.312 e. The van der Waals surface area contributed by atoms with Crippen molar-refractivity contribution in [1.29, 1.82) is 0 Å². The Bertz CT molecular complexity index is 2550. The lowest BCUT2D eigenvalue weighted by atomic mass is 9.71. The van der Waals surface area contributed by atoms with Crippen LogP contribution in [0, 0.1) is 32.3 Å². The van der Waals surface area contributed by atoms with Crippen LogP contribution in [0.3, 0.4) is 0 Å². The van der Waals surface area contributed by atoms with Crippen molar-refractivity contribution < 1.29 is 32.3 Å². The van der Waals surface area contributed by atoms with E-state index in [9.17, 15) is 23.3 Å². The highest BCUT2D eigenvalue weighted by atomic mass is 35.5. The summed E-state index contributed by atoms with van der Waals surface area (Å²) in [6.45, 7) is 13.0. The molecule has 0 bridgehead atoms. The van der Waals surface area contributed by atoms with Crippen molar-refractivity contribution in [2.45, 2.75) is 49.8 Å². The molecule has 2 saturated carbocycles. The molecule has 6 aliphatic rings. The van der Waals surface area contributed by atoms with Gasteiger partial charge in [-0.25, -0.2) is 18.1 Å². The van der Waals surface area contributed by atoms with Gasteiger partial charge in [0.1, 0.15) is 23.8 Å². The lowest BCUT2D eigenvalue weighted by Crippen LogP contribution is -2.66. The standard InChI is InChI=1S/C44H50ClN7O8S/c1-42(2)9-7-29(34(20-42)44-21-35(44)39(44)45)23-49-11-13-51(14-12-49)30-3-5-33(38(18-30)60-31-17-28-8-10-46-40(28)47-22-31)41(53)48-61(56,57)32-4-6-37(36(19-32)52(54)55)59-16-15-50-24-43(25-50)26-58-27-43/h3-6,8,10,17-19,22,35,39H,7,9,11-16,20-21,23-27H2,1-2H3,(H,46,47)(H,48,53). The van der Waals surface area contributed by atoms with E-state index in [0.29, 0.717) is 34.7 Å². The van der Waals surface area contributed by atoms with Crippen LogP contribution in [0.4, 0.5) is 11.4 Å². The number of hydrogen-bond acceptors (Lipinski definition) is 12. The molecular weight excluding hydrogens is 822 g/mol. The van der Waals surface area contributed by atoms with Crippen LogP contribution in [0.2, 0.25) is 0 Å². The third-order valence-electron chi connectivity index (χ3n) is 13.8. The number of nitrogens with one attached hydrogen (secondary N) is 2. The second kappa shape index (κ2) is 15.0. The first-order valence-corrected chi connectivity index (χ1v) is 23.0. The van der Waals surface area contributed by atoms with E-state index in [1.165, 1.54) is 31.2 Å². The Kier molecular flexibility index (Phi) is 9.90. The van der Waals surface area contributed by atoms with Crippen molar-refractivity contribution >= 4 is 49.9 Å². The van der Waals surface area contributed by atoms with Gasteiger partial charge in [0.25, 0.3) is 15.9 Å². The van der Waals surface area contributed by atoms with Crippen LogP contribution in [0.25, 0.3) is 11.0 Å². The first kappa shape index (κ1) is 40.3. The monoisotopic (exact) mass is 871 g/mol. The molecular formula is C44H50ClN7O8S. The summed E-state index contributed by atoms with van der Waals surface area (Å²) in [5, 5.41) is 13.2. The number of benzene rings is 2. The molecule has 322 valence electrons. The number of H-pyrrole nitrogens is 1. The molecule has 2 aromatic heterocycles. The number of carbonyl (C=O) groups is 1. The first-order chi connectivity index (χ1) is 29.2. The summed E-state index contributed by atoms with van der Waals surface area (Å²) in [6.07, 6.45) is 7.98. The summed E-state index contributed by atoms with van der Waals surface area (Å²) < 4.78 is 46.8. The van der Waals surface area contributed by atoms with E-state index in [-0.39, 0.29) is 34.5 Å². The van der Waals surface area contributed by atoms with Crippen LogP contribution >= 0.6 is 11.6 Å². The zero-order valence-electron chi connectivity index (χ0n) is 34.3. The molecule has 2 N–H and O–H groups in total. The predicted molar refractivity (Wildman–Crippen MR) is 229 cm³/mol. The van der Waals surface area contributed by atoms with Gasteiger partial charge in [-0.3, -0.25) is 24.7 Å². The van der Waals surface area contributed by atoms with Gasteiger partial charge in [-0.2, -0.15) is 0 Å². The van der Waals surface area contributed by atoms with Crippen LogP contribution < -0.4 is 19.1 Å². The average molecular weight is 872 g/mol. The van der Waals surface area contributed by atoms with Gasteiger partial charge in [0, 0.05) is 98.0 Å². The number of aromatic amines is 1. The van der Waals surface area contributed by atoms with Gasteiger partial charge in [0.2, 0.25) is 0 Å². The Morgan fingerprint density at radius 1 is 1.07 bits per heavy atom. The molecule has 3 saturated heterocycles. The summed E-state index contributed by atoms with van der Waals surface area (Å²) in [7, 11) is -4.57. The number of alkyl halides is 1. The lowest BCUT2D eigenvalue weighted by Gasteiger charge is -2.55. The summed E-state index contributed by atoms with van der Waals surface area (Å²) in [5.74, 6) is 0.143. The van der Waals surface area contributed by atoms with Crippen LogP contribution in [-0.2, 0) is 14.8 Å². The largest absolute Gasteiger partial charge is 0.485 e. The number of amides is 1. The Hall–Kier alpha value is -4.74. The number of aromatic nitrogens is 2. The molecule has 61 heavy (non-hydrogen) atoms. The van der Waals surface area contributed by atoms with E-state index in [2.05, 4.69) is 43.2 Å². The number of pyridine rings is 1. The lowest BCUT2D eigenvalue weighted by molar-refractivity contribution is -0.386. The highest BCUT2D eigenvalue weighted by Gasteiger charge is 2.80. The maximum absolute atomic E-state index is 13.9. The van der Waals surface area contributed by atoms with Gasteiger partial charge >= 0.3 is 5.69 Å². The maximum atomic E-state index is 13.9. The quantitative estimate of drug-likeness (QED) is 0.0624. The average Bonchev–Trinajstić information content (AvgIpc) is 4.02. The Morgan fingerprint density at radius 3 is 2.56 bits per heavy atom. The van der Waals surface area contributed by atoms with Gasteiger partial charge in [-0.15, -0.1) is 11.6 Å². The van der Waals surface area contributed by atoms with E-state index < -0.39 is 31.4 Å². The van der Waals surface area contributed by atoms with Crippen molar-refractivity contribution in [3.05, 3.63) is 87.7 Å². The fourth-order valence-corrected chi connectivity index (χ4v) is 11.6. The number of nitrogens with zero attached hydrogens (tertiary/aromatic N) is 5. The zero-order chi connectivity index (χ0) is 42.3. The number of nitro benzene ring substituents is 1. The number of sulfonamides is 1. The van der Waals surface area contributed by atoms with Gasteiger partial charge in [0.05, 0.1) is 34.8 Å². The highest BCUT2D eigenvalue weighted by molar-refractivity contribution is 7.90. The summed E-state index contributed by atoms with van der Waals surface area (Å²) in [4.78, 5) is 39.2. The molecule has 3 atom stereocenters. The molecule has 15 nitrogen and oxygen atoms in total. The van der Waals surface area contributed by atoms with E-state index >= 15 is 0 Å². The summed E-state index contributed by atoms with van der Waals surface area (Å²) >= 11 is 6.74. The number of carbonyl (C=O) groups excluding carboxylic acids is 1. The molecule has 3 unspecified atom stereocenters. The van der Waals surface area contributed by atoms with Crippen LogP contribution in [-0.4, -0.2) is 117 Å². The minimum absolute atomic E-state index is 0.0362. The molecule has 17 heteroatoms. The minimum Gasteiger partial charge on any atom is -0.485 e. The van der Waals surface area contributed by atoms with E-state index in [4.69, 9.17) is 25.8 Å². The second-order valence-corrected chi connectivity index (χ2v) is 20.8. The molecule has 2 aromatic carbocycles. The van der Waals surface area contributed by atoms with Crippen molar-refractivity contribution in [3.8, 4) is 17.2 Å². The van der Waals surface area contributed by atoms with Crippen LogP contribution in [0.1, 0.15) is 49.9 Å². The molecule has 1 spiro atoms. The summed E-state index contributed by atoms with van der Waals surface area (Å²) in [6, 6.07) is 12.1. The van der Waals surface area contributed by atoms with Gasteiger partial charge < -0.3 is 24.1 Å². The number of likely N-dealkylation sites (tertiary alicyclic amines) is 1. The topological polar surface area (TPSA) is 172 Å². The first-order valence-electron chi connectivity index (χ1n) is 21.1. The molecule has 5 heterocycles. The number of nitro groups is 1. The zero-order valence-corrected chi connectivity index (χ0v) is 35.9.